The number of rotatable bonds is 4. The second kappa shape index (κ2) is 6.35. The van der Waals surface area contributed by atoms with Crippen LogP contribution >= 0.6 is 0 Å². The number of benzene rings is 3. The first-order valence-corrected chi connectivity index (χ1v) is 7.33. The lowest BCUT2D eigenvalue weighted by molar-refractivity contribution is 0.474. The molecule has 2 N–H and O–H groups in total. The fraction of sp³-hybridized carbons (Fsp3) is 0.100. The maximum atomic E-state index is 9.54. The lowest BCUT2D eigenvalue weighted by Crippen LogP contribution is -1.92. The third-order valence-corrected chi connectivity index (χ3v) is 3.63. The summed E-state index contributed by atoms with van der Waals surface area (Å²) >= 11 is 0. The molecular weight excluding hydrogens is 272 g/mol. The highest BCUT2D eigenvalue weighted by Gasteiger charge is 2.01. The maximum Gasteiger partial charge on any atom is 0.115 e. The van der Waals surface area contributed by atoms with Gasteiger partial charge in [-0.05, 0) is 59.4 Å². The van der Waals surface area contributed by atoms with Crippen molar-refractivity contribution < 1.29 is 10.2 Å². The topological polar surface area (TPSA) is 40.5 Å². The van der Waals surface area contributed by atoms with Crippen molar-refractivity contribution in [1.29, 1.82) is 0 Å². The highest BCUT2D eigenvalue weighted by Crippen LogP contribution is 2.19. The zero-order chi connectivity index (χ0) is 15.4. The fourth-order valence-electron chi connectivity index (χ4n) is 2.65. The van der Waals surface area contributed by atoms with Crippen LogP contribution < -0.4 is 0 Å². The minimum Gasteiger partial charge on any atom is -0.508 e. The monoisotopic (exact) mass is 290 g/mol. The van der Waals surface area contributed by atoms with Crippen molar-refractivity contribution in [1.82, 2.24) is 0 Å². The van der Waals surface area contributed by atoms with Gasteiger partial charge in [0.25, 0.3) is 0 Å². The SMILES string of the molecule is Oc1cccc(Cc2cccc(Cc3cccc(O)c3)c2)c1. The summed E-state index contributed by atoms with van der Waals surface area (Å²) in [6.45, 7) is 0. The van der Waals surface area contributed by atoms with Crippen molar-refractivity contribution in [3.05, 3.63) is 95.1 Å². The minimum absolute atomic E-state index is 0.299. The molecule has 0 aromatic heterocycles. The number of phenolic OH excluding ortho intramolecular Hbond substituents is 2. The first kappa shape index (κ1) is 14.2. The summed E-state index contributed by atoms with van der Waals surface area (Å²) in [4.78, 5) is 0. The first-order chi connectivity index (χ1) is 10.7. The van der Waals surface area contributed by atoms with Crippen LogP contribution in [0.4, 0.5) is 0 Å². The molecule has 0 fully saturated rings. The molecule has 3 aromatic carbocycles. The second-order valence-electron chi connectivity index (χ2n) is 5.51. The molecule has 0 spiro atoms. The van der Waals surface area contributed by atoms with Gasteiger partial charge in [-0.25, -0.2) is 0 Å². The van der Waals surface area contributed by atoms with Gasteiger partial charge in [-0.1, -0.05) is 48.5 Å². The molecule has 0 radical (unpaired) electrons. The van der Waals surface area contributed by atoms with Crippen LogP contribution in [0.25, 0.3) is 0 Å². The van der Waals surface area contributed by atoms with Gasteiger partial charge in [-0.2, -0.15) is 0 Å². The van der Waals surface area contributed by atoms with Crippen molar-refractivity contribution in [3.63, 3.8) is 0 Å². The van der Waals surface area contributed by atoms with E-state index in [0.717, 1.165) is 24.0 Å². The molecule has 0 bridgehead atoms. The van der Waals surface area contributed by atoms with Crippen LogP contribution in [0.5, 0.6) is 11.5 Å². The van der Waals surface area contributed by atoms with Crippen molar-refractivity contribution in [2.45, 2.75) is 12.8 Å². The predicted octanol–water partition coefficient (Wildman–Crippen LogP) is 4.28. The molecule has 0 atom stereocenters. The van der Waals surface area contributed by atoms with Crippen LogP contribution in [-0.4, -0.2) is 10.2 Å². The molecule has 2 nitrogen and oxygen atoms in total. The Morgan fingerprint density at radius 2 is 0.864 bits per heavy atom. The van der Waals surface area contributed by atoms with E-state index in [2.05, 4.69) is 24.3 Å². The van der Waals surface area contributed by atoms with E-state index in [-0.39, 0.29) is 0 Å². The molecule has 0 amide bonds. The van der Waals surface area contributed by atoms with Gasteiger partial charge in [0.05, 0.1) is 0 Å². The normalized spacial score (nSPS) is 10.5. The number of hydrogen-bond acceptors (Lipinski definition) is 2. The van der Waals surface area contributed by atoms with Crippen LogP contribution in [0.1, 0.15) is 22.3 Å². The Kier molecular flexibility index (Phi) is 4.10. The van der Waals surface area contributed by atoms with E-state index < -0.39 is 0 Å². The van der Waals surface area contributed by atoms with Gasteiger partial charge in [0.1, 0.15) is 11.5 Å². The second-order valence-corrected chi connectivity index (χ2v) is 5.51. The molecule has 0 aliphatic heterocycles. The molecule has 3 rings (SSSR count). The van der Waals surface area contributed by atoms with E-state index in [1.807, 2.05) is 24.3 Å². The van der Waals surface area contributed by atoms with E-state index in [0.29, 0.717) is 11.5 Å². The zero-order valence-electron chi connectivity index (χ0n) is 12.2. The summed E-state index contributed by atoms with van der Waals surface area (Å²) in [5, 5.41) is 19.1. The van der Waals surface area contributed by atoms with Gasteiger partial charge >= 0.3 is 0 Å². The molecule has 3 aromatic rings. The van der Waals surface area contributed by atoms with E-state index in [1.165, 1.54) is 11.1 Å². The Morgan fingerprint density at radius 3 is 1.27 bits per heavy atom. The third kappa shape index (κ3) is 3.67. The van der Waals surface area contributed by atoms with E-state index in [1.54, 1.807) is 24.3 Å². The predicted molar refractivity (Wildman–Crippen MR) is 88.3 cm³/mol. The van der Waals surface area contributed by atoms with Gasteiger partial charge in [0, 0.05) is 0 Å². The molecule has 110 valence electrons. The van der Waals surface area contributed by atoms with Gasteiger partial charge in [-0.3, -0.25) is 0 Å². The van der Waals surface area contributed by atoms with E-state index in [4.69, 9.17) is 0 Å². The van der Waals surface area contributed by atoms with Crippen LogP contribution in [0.3, 0.4) is 0 Å². The van der Waals surface area contributed by atoms with Crippen LogP contribution in [0.15, 0.2) is 72.8 Å². The number of phenols is 2. The van der Waals surface area contributed by atoms with E-state index >= 15 is 0 Å². The number of hydrogen-bond donors (Lipinski definition) is 2. The van der Waals surface area contributed by atoms with Crippen LogP contribution in [-0.2, 0) is 12.8 Å². The van der Waals surface area contributed by atoms with Gasteiger partial charge < -0.3 is 10.2 Å². The molecule has 0 aliphatic rings. The summed E-state index contributed by atoms with van der Waals surface area (Å²) in [7, 11) is 0. The summed E-state index contributed by atoms with van der Waals surface area (Å²) < 4.78 is 0. The van der Waals surface area contributed by atoms with Crippen LogP contribution in [0.2, 0.25) is 0 Å². The molecule has 22 heavy (non-hydrogen) atoms. The largest absolute Gasteiger partial charge is 0.508 e. The van der Waals surface area contributed by atoms with Gasteiger partial charge in [-0.15, -0.1) is 0 Å². The fourth-order valence-corrected chi connectivity index (χ4v) is 2.65. The van der Waals surface area contributed by atoms with Crippen LogP contribution in [0, 0.1) is 0 Å². The molecule has 0 aliphatic carbocycles. The molecule has 2 heteroatoms. The Bertz CT molecular complexity index is 715. The van der Waals surface area contributed by atoms with Gasteiger partial charge in [0.2, 0.25) is 0 Å². The summed E-state index contributed by atoms with van der Waals surface area (Å²) in [5.41, 5.74) is 4.61. The molecule has 0 heterocycles. The Balaban J connectivity index is 1.78. The molecule has 0 saturated heterocycles. The quantitative estimate of drug-likeness (QED) is 0.753. The molecular formula is C20H18O2. The number of aromatic hydroxyl groups is 2. The average Bonchev–Trinajstić information content (AvgIpc) is 2.47. The molecule has 0 saturated carbocycles. The van der Waals surface area contributed by atoms with Gasteiger partial charge in [0.15, 0.2) is 0 Å². The Morgan fingerprint density at radius 1 is 0.500 bits per heavy atom. The maximum absolute atomic E-state index is 9.54. The minimum atomic E-state index is 0.299. The van der Waals surface area contributed by atoms with E-state index in [9.17, 15) is 10.2 Å². The summed E-state index contributed by atoms with van der Waals surface area (Å²) in [5.74, 6) is 0.599. The van der Waals surface area contributed by atoms with Crippen molar-refractivity contribution in [2.24, 2.45) is 0 Å². The highest BCUT2D eigenvalue weighted by atomic mass is 16.3. The Labute approximate surface area is 130 Å². The van der Waals surface area contributed by atoms with Crippen molar-refractivity contribution in [2.75, 3.05) is 0 Å². The van der Waals surface area contributed by atoms with Crippen molar-refractivity contribution in [3.8, 4) is 11.5 Å². The average molecular weight is 290 g/mol. The lowest BCUT2D eigenvalue weighted by atomic mass is 9.99. The van der Waals surface area contributed by atoms with Crippen molar-refractivity contribution >= 4 is 0 Å². The zero-order valence-corrected chi connectivity index (χ0v) is 12.2. The standard InChI is InChI=1S/C20H18O2/c21-19-8-2-6-17(13-19)11-15-4-1-5-16(10-15)12-18-7-3-9-20(22)14-18/h1-10,13-14,21-22H,11-12H2. The first-order valence-electron chi connectivity index (χ1n) is 7.33. The molecule has 0 unspecified atom stereocenters. The summed E-state index contributed by atoms with van der Waals surface area (Å²) in [6, 6.07) is 23.1. The lowest BCUT2D eigenvalue weighted by Gasteiger charge is -2.07. The smallest absolute Gasteiger partial charge is 0.115 e. The third-order valence-electron chi connectivity index (χ3n) is 3.63. The Hall–Kier alpha value is -2.74. The highest BCUT2D eigenvalue weighted by molar-refractivity contribution is 5.36. The summed E-state index contributed by atoms with van der Waals surface area (Å²) in [6.07, 6.45) is 1.59.